The van der Waals surface area contributed by atoms with Crippen LogP contribution < -0.4 is 14.2 Å². The Hall–Kier alpha value is -3.24. The molecule has 0 amide bonds. The van der Waals surface area contributed by atoms with Gasteiger partial charge < -0.3 is 19.1 Å². The molecule has 0 N–H and O–H groups in total. The van der Waals surface area contributed by atoms with Gasteiger partial charge in [-0.3, -0.25) is 0 Å². The lowest BCUT2D eigenvalue weighted by molar-refractivity contribution is 0.223. The van der Waals surface area contributed by atoms with E-state index in [0.29, 0.717) is 12.5 Å². The van der Waals surface area contributed by atoms with Crippen LogP contribution in [0.4, 0.5) is 0 Å². The fraction of sp³-hybridized carbons (Fsp3) is 0.355. The maximum absolute atomic E-state index is 5.99. The Labute approximate surface area is 210 Å². The molecule has 4 nitrogen and oxygen atoms in total. The lowest BCUT2D eigenvalue weighted by Gasteiger charge is -2.27. The highest BCUT2D eigenvalue weighted by Crippen LogP contribution is 2.39. The summed E-state index contributed by atoms with van der Waals surface area (Å²) in [7, 11) is 3.45. The Kier molecular flexibility index (Phi) is 8.49. The highest BCUT2D eigenvalue weighted by atomic mass is 16.5. The number of allylic oxidation sites excluding steroid dienone is 1. The van der Waals surface area contributed by atoms with Crippen LogP contribution in [-0.4, -0.2) is 45.4 Å². The molecule has 4 heteroatoms. The van der Waals surface area contributed by atoms with Crippen LogP contribution in [0.1, 0.15) is 36.1 Å². The molecule has 0 spiro atoms. The van der Waals surface area contributed by atoms with E-state index in [1.54, 1.807) is 14.2 Å². The zero-order chi connectivity index (χ0) is 24.6. The van der Waals surface area contributed by atoms with Crippen LogP contribution in [0.3, 0.4) is 0 Å². The number of methoxy groups -OCH3 is 2. The van der Waals surface area contributed by atoms with Crippen LogP contribution in [0.25, 0.3) is 11.6 Å². The molecule has 4 rings (SSSR count). The molecule has 0 fully saturated rings. The van der Waals surface area contributed by atoms with Crippen molar-refractivity contribution in [1.82, 2.24) is 4.90 Å². The lowest BCUT2D eigenvalue weighted by atomic mass is 9.77. The van der Waals surface area contributed by atoms with E-state index in [1.165, 1.54) is 27.8 Å². The van der Waals surface area contributed by atoms with Gasteiger partial charge in [0.2, 0.25) is 0 Å². The molecular formula is C31H37NO3. The van der Waals surface area contributed by atoms with Crippen molar-refractivity contribution in [2.45, 2.75) is 26.7 Å². The standard InChI is InChI=1S/C31H37NO3/c1-5-32(6-2)16-17-35-28-13-10-23(11-14-28)18-27-19-26-21-30(34-4)15-12-24(26)22-31(27)25-8-7-9-29(20-25)33-3/h7-15,20-22,27H,5-6,16-19H2,1-4H3. The van der Waals surface area contributed by atoms with Gasteiger partial charge >= 0.3 is 0 Å². The molecule has 35 heavy (non-hydrogen) atoms. The molecule has 0 bridgehead atoms. The molecule has 0 aliphatic heterocycles. The number of nitrogens with zero attached hydrogens (tertiary/aromatic N) is 1. The van der Waals surface area contributed by atoms with E-state index in [0.717, 1.165) is 49.7 Å². The number of rotatable bonds is 11. The molecule has 0 aromatic heterocycles. The van der Waals surface area contributed by atoms with Gasteiger partial charge in [0.25, 0.3) is 0 Å². The SMILES string of the molecule is CCN(CC)CCOc1ccc(CC2Cc3cc(OC)ccc3C=C2c2cccc(OC)c2)cc1. The highest BCUT2D eigenvalue weighted by molar-refractivity contribution is 5.86. The second-order valence-electron chi connectivity index (χ2n) is 9.02. The quantitative estimate of drug-likeness (QED) is 0.325. The van der Waals surface area contributed by atoms with Crippen molar-refractivity contribution in [2.24, 2.45) is 5.92 Å². The average Bonchev–Trinajstić information content (AvgIpc) is 2.91. The monoisotopic (exact) mass is 471 g/mol. The first kappa shape index (κ1) is 24.9. The number of hydrogen-bond acceptors (Lipinski definition) is 4. The van der Waals surface area contributed by atoms with Crippen molar-refractivity contribution >= 4 is 11.6 Å². The maximum atomic E-state index is 5.99. The van der Waals surface area contributed by atoms with Crippen LogP contribution in [0.5, 0.6) is 17.2 Å². The van der Waals surface area contributed by atoms with E-state index < -0.39 is 0 Å². The molecule has 3 aromatic carbocycles. The van der Waals surface area contributed by atoms with Gasteiger partial charge in [-0.15, -0.1) is 0 Å². The van der Waals surface area contributed by atoms with Crippen molar-refractivity contribution in [3.8, 4) is 17.2 Å². The average molecular weight is 472 g/mol. The van der Waals surface area contributed by atoms with E-state index in [-0.39, 0.29) is 0 Å². The molecule has 3 aromatic rings. The molecule has 0 saturated heterocycles. The van der Waals surface area contributed by atoms with Crippen molar-refractivity contribution in [3.63, 3.8) is 0 Å². The number of likely N-dealkylation sites (N-methyl/N-ethyl adjacent to an activating group) is 1. The summed E-state index contributed by atoms with van der Waals surface area (Å²) < 4.78 is 17.0. The number of ether oxygens (including phenoxy) is 3. The molecule has 1 aliphatic carbocycles. The van der Waals surface area contributed by atoms with Gasteiger partial charge in [0.1, 0.15) is 23.9 Å². The smallest absolute Gasteiger partial charge is 0.119 e. The second kappa shape index (κ2) is 11.9. The fourth-order valence-corrected chi connectivity index (χ4v) is 4.83. The van der Waals surface area contributed by atoms with Gasteiger partial charge in [0, 0.05) is 6.54 Å². The van der Waals surface area contributed by atoms with Gasteiger partial charge in [0.15, 0.2) is 0 Å². The summed E-state index contributed by atoms with van der Waals surface area (Å²) in [4.78, 5) is 2.37. The minimum absolute atomic E-state index is 0.358. The van der Waals surface area contributed by atoms with E-state index in [9.17, 15) is 0 Å². The van der Waals surface area contributed by atoms with E-state index in [4.69, 9.17) is 14.2 Å². The van der Waals surface area contributed by atoms with Crippen molar-refractivity contribution in [1.29, 1.82) is 0 Å². The zero-order valence-corrected chi connectivity index (χ0v) is 21.4. The van der Waals surface area contributed by atoms with Crippen molar-refractivity contribution < 1.29 is 14.2 Å². The summed E-state index contributed by atoms with van der Waals surface area (Å²) >= 11 is 0. The summed E-state index contributed by atoms with van der Waals surface area (Å²) in [5.41, 5.74) is 6.47. The van der Waals surface area contributed by atoms with E-state index >= 15 is 0 Å². The minimum atomic E-state index is 0.358. The Morgan fingerprint density at radius 2 is 1.54 bits per heavy atom. The van der Waals surface area contributed by atoms with Crippen molar-refractivity contribution in [3.05, 3.63) is 89.0 Å². The van der Waals surface area contributed by atoms with Crippen LogP contribution >= 0.6 is 0 Å². The largest absolute Gasteiger partial charge is 0.497 e. The van der Waals surface area contributed by atoms with Gasteiger partial charge in [-0.25, -0.2) is 0 Å². The Morgan fingerprint density at radius 1 is 0.829 bits per heavy atom. The van der Waals surface area contributed by atoms with Crippen LogP contribution in [0, 0.1) is 5.92 Å². The predicted molar refractivity (Wildman–Crippen MR) is 144 cm³/mol. The summed E-state index contributed by atoms with van der Waals surface area (Å²) in [5, 5.41) is 0. The lowest BCUT2D eigenvalue weighted by Crippen LogP contribution is -2.27. The summed E-state index contributed by atoms with van der Waals surface area (Å²) in [6.45, 7) is 8.15. The van der Waals surface area contributed by atoms with Gasteiger partial charge in [-0.05, 0) is 96.1 Å². The fourth-order valence-electron chi connectivity index (χ4n) is 4.83. The topological polar surface area (TPSA) is 30.9 Å². The first-order chi connectivity index (χ1) is 17.1. The first-order valence-corrected chi connectivity index (χ1v) is 12.6. The van der Waals surface area contributed by atoms with Gasteiger partial charge in [-0.2, -0.15) is 0 Å². The Bertz CT molecular complexity index is 1130. The van der Waals surface area contributed by atoms with Gasteiger partial charge in [-0.1, -0.05) is 50.3 Å². The third-order valence-corrected chi connectivity index (χ3v) is 6.95. The Balaban J connectivity index is 1.53. The zero-order valence-electron chi connectivity index (χ0n) is 21.4. The van der Waals surface area contributed by atoms with E-state index in [2.05, 4.69) is 79.4 Å². The summed E-state index contributed by atoms with van der Waals surface area (Å²) in [6.07, 6.45) is 4.26. The number of benzene rings is 3. The highest BCUT2D eigenvalue weighted by Gasteiger charge is 2.24. The molecule has 1 unspecified atom stereocenters. The third kappa shape index (κ3) is 6.26. The molecule has 1 aliphatic rings. The number of fused-ring (bicyclic) bond motifs is 1. The molecule has 184 valence electrons. The predicted octanol–water partition coefficient (Wildman–Crippen LogP) is 6.38. The Morgan fingerprint density at radius 3 is 2.26 bits per heavy atom. The van der Waals surface area contributed by atoms with E-state index in [1.807, 2.05) is 12.1 Å². The minimum Gasteiger partial charge on any atom is -0.497 e. The van der Waals surface area contributed by atoms with Crippen LogP contribution in [0.15, 0.2) is 66.7 Å². The van der Waals surface area contributed by atoms with Crippen LogP contribution in [0.2, 0.25) is 0 Å². The third-order valence-electron chi connectivity index (χ3n) is 6.95. The molecule has 0 heterocycles. The normalized spacial score (nSPS) is 14.9. The molecule has 1 atom stereocenters. The molecule has 0 saturated carbocycles. The second-order valence-corrected chi connectivity index (χ2v) is 9.02. The number of hydrogen-bond donors (Lipinski definition) is 0. The first-order valence-electron chi connectivity index (χ1n) is 12.6. The molecular weight excluding hydrogens is 434 g/mol. The maximum Gasteiger partial charge on any atom is 0.119 e. The summed E-state index contributed by atoms with van der Waals surface area (Å²) in [6, 6.07) is 23.4. The van der Waals surface area contributed by atoms with Gasteiger partial charge in [0.05, 0.1) is 14.2 Å². The van der Waals surface area contributed by atoms with Crippen molar-refractivity contribution in [2.75, 3.05) is 40.5 Å². The van der Waals surface area contributed by atoms with Crippen LogP contribution in [-0.2, 0) is 12.8 Å². The summed E-state index contributed by atoms with van der Waals surface area (Å²) in [5.74, 6) is 3.08. The molecule has 0 radical (unpaired) electrons.